The molecule has 2 N–H and O–H groups in total. The number of pyridine rings is 1. The summed E-state index contributed by atoms with van der Waals surface area (Å²) >= 11 is 0. The van der Waals surface area contributed by atoms with Crippen LogP contribution in [0.4, 0.5) is 5.69 Å². The number of nitrogens with one attached hydrogen (secondary N) is 2. The molecule has 8 heteroatoms. The Balaban J connectivity index is 1.52. The maximum atomic E-state index is 12.6. The van der Waals surface area contributed by atoms with E-state index in [-0.39, 0.29) is 22.7 Å². The van der Waals surface area contributed by atoms with Gasteiger partial charge in [-0.05, 0) is 62.6 Å². The first-order valence-electron chi connectivity index (χ1n) is 10.0. The second-order valence-electron chi connectivity index (χ2n) is 7.51. The summed E-state index contributed by atoms with van der Waals surface area (Å²) in [6.45, 7) is 1.89. The van der Waals surface area contributed by atoms with Gasteiger partial charge in [0, 0.05) is 18.3 Å². The minimum atomic E-state index is -3.74. The Kier molecular flexibility index (Phi) is 5.90. The molecule has 1 amide bonds. The van der Waals surface area contributed by atoms with Gasteiger partial charge in [-0.15, -0.1) is 0 Å². The van der Waals surface area contributed by atoms with E-state index < -0.39 is 10.0 Å². The molecule has 1 heterocycles. The van der Waals surface area contributed by atoms with E-state index in [0.29, 0.717) is 17.0 Å². The van der Waals surface area contributed by atoms with Crippen LogP contribution in [-0.2, 0) is 10.0 Å². The maximum Gasteiger partial charge on any atom is 0.261 e. The number of benzene rings is 2. The molecule has 0 atom stereocenters. The van der Waals surface area contributed by atoms with Gasteiger partial charge >= 0.3 is 0 Å². The molecule has 1 aliphatic rings. The molecule has 2 aromatic carbocycles. The molecule has 4 rings (SSSR count). The topological polar surface area (TPSA) is 97.4 Å². The van der Waals surface area contributed by atoms with Gasteiger partial charge in [-0.2, -0.15) is 0 Å². The summed E-state index contributed by atoms with van der Waals surface area (Å²) in [5.41, 5.74) is 1.65. The highest BCUT2D eigenvalue weighted by Gasteiger charge is 2.22. The average Bonchev–Trinajstić information content (AvgIpc) is 2.71. The monoisotopic (exact) mass is 437 g/mol. The molecule has 1 fully saturated rings. The van der Waals surface area contributed by atoms with Crippen molar-refractivity contribution in [1.29, 1.82) is 0 Å². The first kappa shape index (κ1) is 20.9. The van der Waals surface area contributed by atoms with Crippen molar-refractivity contribution in [1.82, 2.24) is 10.3 Å². The van der Waals surface area contributed by atoms with Crippen molar-refractivity contribution in [3.05, 3.63) is 78.0 Å². The van der Waals surface area contributed by atoms with Gasteiger partial charge in [-0.25, -0.2) is 13.4 Å². The van der Waals surface area contributed by atoms with Crippen molar-refractivity contribution >= 4 is 21.6 Å². The standard InChI is InChI=1S/C23H23N3O4S/c1-16-10-12-20(13-11-16)31(28,29)26-18-7-3-8-19(15-18)30-23-21(9-4-14-24-23)22(27)25-17-5-2-6-17/h3-4,7-15,17,26H,2,5-6H2,1H3,(H,25,27). The summed E-state index contributed by atoms with van der Waals surface area (Å²) in [7, 11) is -3.74. The van der Waals surface area contributed by atoms with Gasteiger partial charge in [0.05, 0.1) is 10.6 Å². The predicted octanol–water partition coefficient (Wildman–Crippen LogP) is 4.27. The molecular weight excluding hydrogens is 414 g/mol. The van der Waals surface area contributed by atoms with E-state index in [1.54, 1.807) is 66.9 Å². The van der Waals surface area contributed by atoms with E-state index in [1.807, 2.05) is 6.92 Å². The third-order valence-corrected chi connectivity index (χ3v) is 6.49. The quantitative estimate of drug-likeness (QED) is 0.575. The number of carbonyl (C=O) groups is 1. The number of hydrogen-bond donors (Lipinski definition) is 2. The van der Waals surface area contributed by atoms with Crippen LogP contribution in [0.1, 0.15) is 35.2 Å². The minimum absolute atomic E-state index is 0.165. The fourth-order valence-electron chi connectivity index (χ4n) is 3.13. The number of anilines is 1. The fraction of sp³-hybridized carbons (Fsp3) is 0.217. The second-order valence-corrected chi connectivity index (χ2v) is 9.19. The number of amides is 1. The van der Waals surface area contributed by atoms with Gasteiger partial charge in [0.25, 0.3) is 15.9 Å². The third kappa shape index (κ3) is 5.03. The summed E-state index contributed by atoms with van der Waals surface area (Å²) in [4.78, 5) is 16.9. The number of aromatic nitrogens is 1. The van der Waals surface area contributed by atoms with Crippen LogP contribution < -0.4 is 14.8 Å². The van der Waals surface area contributed by atoms with Gasteiger partial charge < -0.3 is 10.1 Å². The van der Waals surface area contributed by atoms with E-state index in [1.165, 1.54) is 0 Å². The number of ether oxygens (including phenoxy) is 1. The molecule has 0 aliphatic heterocycles. The Bertz CT molecular complexity index is 1190. The van der Waals surface area contributed by atoms with E-state index in [4.69, 9.17) is 4.74 Å². The van der Waals surface area contributed by atoms with Crippen LogP contribution in [0.5, 0.6) is 11.6 Å². The summed E-state index contributed by atoms with van der Waals surface area (Å²) in [6.07, 6.45) is 4.61. The molecule has 1 aliphatic carbocycles. The molecule has 1 saturated carbocycles. The lowest BCUT2D eigenvalue weighted by Gasteiger charge is -2.26. The van der Waals surface area contributed by atoms with Gasteiger partial charge in [0.1, 0.15) is 11.3 Å². The predicted molar refractivity (Wildman–Crippen MR) is 118 cm³/mol. The number of carbonyl (C=O) groups excluding carboxylic acids is 1. The first-order chi connectivity index (χ1) is 14.9. The van der Waals surface area contributed by atoms with Gasteiger partial charge in [0.15, 0.2) is 0 Å². The number of sulfonamides is 1. The zero-order valence-electron chi connectivity index (χ0n) is 17.0. The van der Waals surface area contributed by atoms with Crippen molar-refractivity contribution in [3.63, 3.8) is 0 Å². The van der Waals surface area contributed by atoms with E-state index in [2.05, 4.69) is 15.0 Å². The third-order valence-electron chi connectivity index (χ3n) is 5.09. The Hall–Kier alpha value is -3.39. The lowest BCUT2D eigenvalue weighted by Crippen LogP contribution is -2.39. The summed E-state index contributed by atoms with van der Waals surface area (Å²) in [6, 6.07) is 16.6. The molecule has 7 nitrogen and oxygen atoms in total. The van der Waals surface area contributed by atoms with Crippen LogP contribution in [0.25, 0.3) is 0 Å². The Labute approximate surface area is 181 Å². The molecule has 0 unspecified atom stereocenters. The smallest absolute Gasteiger partial charge is 0.261 e. The summed E-state index contributed by atoms with van der Waals surface area (Å²) < 4.78 is 33.7. The minimum Gasteiger partial charge on any atom is -0.438 e. The highest BCUT2D eigenvalue weighted by atomic mass is 32.2. The molecule has 0 bridgehead atoms. The van der Waals surface area contributed by atoms with Crippen LogP contribution in [0.15, 0.2) is 71.8 Å². The van der Waals surface area contributed by atoms with Gasteiger partial charge in [-0.1, -0.05) is 23.8 Å². The van der Waals surface area contributed by atoms with Gasteiger partial charge in [0.2, 0.25) is 5.88 Å². The van der Waals surface area contributed by atoms with Crippen molar-refractivity contribution < 1.29 is 17.9 Å². The Morgan fingerprint density at radius 1 is 1.06 bits per heavy atom. The fourth-order valence-corrected chi connectivity index (χ4v) is 4.18. The van der Waals surface area contributed by atoms with Crippen molar-refractivity contribution in [2.45, 2.75) is 37.1 Å². The maximum absolute atomic E-state index is 12.6. The summed E-state index contributed by atoms with van der Waals surface area (Å²) in [5.74, 6) is 0.294. The molecule has 0 spiro atoms. The molecular formula is C23H23N3O4S. The molecule has 31 heavy (non-hydrogen) atoms. The molecule has 160 valence electrons. The normalized spacial score (nSPS) is 13.8. The Morgan fingerprint density at radius 3 is 2.55 bits per heavy atom. The summed E-state index contributed by atoms with van der Waals surface area (Å²) in [5, 5.41) is 2.97. The zero-order chi connectivity index (χ0) is 21.8. The molecule has 0 saturated heterocycles. The molecule has 3 aromatic rings. The van der Waals surface area contributed by atoms with Crippen molar-refractivity contribution in [3.8, 4) is 11.6 Å². The van der Waals surface area contributed by atoms with Crippen LogP contribution >= 0.6 is 0 Å². The second kappa shape index (κ2) is 8.77. The lowest BCUT2D eigenvalue weighted by molar-refractivity contribution is 0.0914. The number of hydrogen-bond acceptors (Lipinski definition) is 5. The molecule has 0 radical (unpaired) electrons. The van der Waals surface area contributed by atoms with Crippen LogP contribution in [0.3, 0.4) is 0 Å². The number of aryl methyl sites for hydroxylation is 1. The highest BCUT2D eigenvalue weighted by Crippen LogP contribution is 2.27. The first-order valence-corrected chi connectivity index (χ1v) is 11.5. The van der Waals surface area contributed by atoms with Crippen LogP contribution in [0, 0.1) is 6.92 Å². The van der Waals surface area contributed by atoms with Crippen molar-refractivity contribution in [2.24, 2.45) is 0 Å². The SMILES string of the molecule is Cc1ccc(S(=O)(=O)Nc2cccc(Oc3ncccc3C(=O)NC3CCC3)c2)cc1. The van der Waals surface area contributed by atoms with E-state index >= 15 is 0 Å². The molecule has 1 aromatic heterocycles. The lowest BCUT2D eigenvalue weighted by atomic mass is 9.93. The average molecular weight is 438 g/mol. The number of nitrogens with zero attached hydrogens (tertiary/aromatic N) is 1. The Morgan fingerprint density at radius 2 is 1.84 bits per heavy atom. The zero-order valence-corrected chi connectivity index (χ0v) is 17.9. The van der Waals surface area contributed by atoms with Crippen LogP contribution in [0.2, 0.25) is 0 Å². The van der Waals surface area contributed by atoms with E-state index in [9.17, 15) is 13.2 Å². The van der Waals surface area contributed by atoms with Gasteiger partial charge in [-0.3, -0.25) is 9.52 Å². The van der Waals surface area contributed by atoms with Crippen molar-refractivity contribution in [2.75, 3.05) is 4.72 Å². The van der Waals surface area contributed by atoms with E-state index in [0.717, 1.165) is 24.8 Å². The largest absolute Gasteiger partial charge is 0.438 e. The van der Waals surface area contributed by atoms with Crippen LogP contribution in [-0.4, -0.2) is 25.4 Å². The number of rotatable bonds is 7. The highest BCUT2D eigenvalue weighted by molar-refractivity contribution is 7.92.